The molecule has 2 rings (SSSR count). The molecule has 0 radical (unpaired) electrons. The Labute approximate surface area is 114 Å². The third-order valence-electron chi connectivity index (χ3n) is 3.51. The van der Waals surface area contributed by atoms with Crippen molar-refractivity contribution in [2.45, 2.75) is 39.2 Å². The summed E-state index contributed by atoms with van der Waals surface area (Å²) in [5, 5.41) is 0. The minimum atomic E-state index is 0.0942. The smallest absolute Gasteiger partial charge is 0.256 e. The maximum Gasteiger partial charge on any atom is 0.256 e. The third kappa shape index (κ3) is 3.47. The second kappa shape index (κ2) is 6.06. The molecule has 0 spiro atoms. The fourth-order valence-electron chi connectivity index (χ4n) is 2.18. The lowest BCUT2D eigenvalue weighted by molar-refractivity contribution is 0.0736. The first-order valence-corrected chi connectivity index (χ1v) is 7.00. The van der Waals surface area contributed by atoms with Crippen LogP contribution in [0.5, 0.6) is 0 Å². The van der Waals surface area contributed by atoms with Gasteiger partial charge in [-0.3, -0.25) is 10.6 Å². The van der Waals surface area contributed by atoms with E-state index in [4.69, 9.17) is 5.84 Å². The Kier molecular flexibility index (Phi) is 4.43. The van der Waals surface area contributed by atoms with Crippen molar-refractivity contribution in [3.8, 4) is 0 Å². The largest absolute Gasteiger partial charge is 0.336 e. The molecule has 104 valence electrons. The predicted molar refractivity (Wildman–Crippen MR) is 77.8 cm³/mol. The van der Waals surface area contributed by atoms with Crippen LogP contribution in [0.3, 0.4) is 0 Å². The molecule has 0 aromatic heterocycles. The van der Waals surface area contributed by atoms with E-state index in [-0.39, 0.29) is 5.91 Å². The molecule has 1 amide bonds. The molecule has 4 heteroatoms. The van der Waals surface area contributed by atoms with Gasteiger partial charge in [0.05, 0.1) is 11.3 Å². The molecule has 19 heavy (non-hydrogen) atoms. The Morgan fingerprint density at radius 3 is 2.68 bits per heavy atom. The van der Waals surface area contributed by atoms with Crippen LogP contribution in [0.25, 0.3) is 0 Å². The van der Waals surface area contributed by atoms with Crippen molar-refractivity contribution < 1.29 is 4.79 Å². The maximum atomic E-state index is 12.6. The second-order valence-electron chi connectivity index (χ2n) is 5.60. The van der Waals surface area contributed by atoms with Gasteiger partial charge in [-0.05, 0) is 37.3 Å². The van der Waals surface area contributed by atoms with Crippen molar-refractivity contribution in [3.05, 3.63) is 29.8 Å². The standard InChI is InChI=1S/C15H23N3O/c1-11(2)9-10-18(12-7-8-12)15(19)13-5-3-4-6-14(13)17-16/h3-6,11-12,17H,7-10,16H2,1-2H3. The van der Waals surface area contributed by atoms with E-state index in [0.717, 1.165) is 25.8 Å². The van der Waals surface area contributed by atoms with Crippen LogP contribution < -0.4 is 11.3 Å². The second-order valence-corrected chi connectivity index (χ2v) is 5.60. The normalized spacial score (nSPS) is 14.5. The van der Waals surface area contributed by atoms with E-state index in [9.17, 15) is 4.79 Å². The van der Waals surface area contributed by atoms with Crippen molar-refractivity contribution >= 4 is 11.6 Å². The van der Waals surface area contributed by atoms with Gasteiger partial charge in [-0.25, -0.2) is 0 Å². The highest BCUT2D eigenvalue weighted by Crippen LogP contribution is 2.30. The SMILES string of the molecule is CC(C)CCN(C(=O)c1ccccc1NN)C1CC1. The highest BCUT2D eigenvalue weighted by atomic mass is 16.2. The zero-order valence-electron chi connectivity index (χ0n) is 11.7. The van der Waals surface area contributed by atoms with E-state index < -0.39 is 0 Å². The Balaban J connectivity index is 2.14. The van der Waals surface area contributed by atoms with Crippen molar-refractivity contribution in [3.63, 3.8) is 0 Å². The van der Waals surface area contributed by atoms with Crippen molar-refractivity contribution in [2.75, 3.05) is 12.0 Å². The van der Waals surface area contributed by atoms with Crippen LogP contribution in [0, 0.1) is 5.92 Å². The highest BCUT2D eigenvalue weighted by molar-refractivity contribution is 5.99. The van der Waals surface area contributed by atoms with Crippen molar-refractivity contribution in [1.82, 2.24) is 4.90 Å². The van der Waals surface area contributed by atoms with E-state index in [1.165, 1.54) is 0 Å². The number of amides is 1. The molecule has 0 saturated heterocycles. The molecule has 0 atom stereocenters. The average molecular weight is 261 g/mol. The third-order valence-corrected chi connectivity index (χ3v) is 3.51. The van der Waals surface area contributed by atoms with Gasteiger partial charge in [0.2, 0.25) is 0 Å². The van der Waals surface area contributed by atoms with Gasteiger partial charge in [-0.2, -0.15) is 0 Å². The summed E-state index contributed by atoms with van der Waals surface area (Å²) in [6.45, 7) is 5.20. The van der Waals surface area contributed by atoms with Crippen LogP contribution in [0.1, 0.15) is 43.5 Å². The molecule has 0 bridgehead atoms. The van der Waals surface area contributed by atoms with E-state index in [1.54, 1.807) is 0 Å². The molecule has 3 N–H and O–H groups in total. The predicted octanol–water partition coefficient (Wildman–Crippen LogP) is 2.62. The summed E-state index contributed by atoms with van der Waals surface area (Å²) in [6, 6.07) is 7.85. The Morgan fingerprint density at radius 1 is 1.42 bits per heavy atom. The lowest BCUT2D eigenvalue weighted by Crippen LogP contribution is -2.35. The number of nitrogens with one attached hydrogen (secondary N) is 1. The summed E-state index contributed by atoms with van der Waals surface area (Å²) in [5.41, 5.74) is 3.97. The summed E-state index contributed by atoms with van der Waals surface area (Å²) in [5.74, 6) is 6.18. The van der Waals surface area contributed by atoms with Gasteiger partial charge in [-0.1, -0.05) is 26.0 Å². The molecule has 0 unspecified atom stereocenters. The topological polar surface area (TPSA) is 58.4 Å². The number of nitrogens with two attached hydrogens (primary N) is 1. The zero-order chi connectivity index (χ0) is 13.8. The van der Waals surface area contributed by atoms with Gasteiger partial charge in [0.15, 0.2) is 0 Å². The first-order valence-electron chi connectivity index (χ1n) is 7.00. The quantitative estimate of drug-likeness (QED) is 0.611. The molecule has 1 aromatic carbocycles. The fourth-order valence-corrected chi connectivity index (χ4v) is 2.18. The minimum Gasteiger partial charge on any atom is -0.336 e. The summed E-state index contributed by atoms with van der Waals surface area (Å²) < 4.78 is 0. The number of benzene rings is 1. The molecule has 1 aliphatic rings. The molecule has 1 aliphatic carbocycles. The summed E-state index contributed by atoms with van der Waals surface area (Å²) in [4.78, 5) is 14.7. The minimum absolute atomic E-state index is 0.0942. The molecular formula is C15H23N3O. The van der Waals surface area contributed by atoms with Gasteiger partial charge in [0.1, 0.15) is 0 Å². The van der Waals surface area contributed by atoms with E-state index >= 15 is 0 Å². The van der Waals surface area contributed by atoms with Crippen LogP contribution in [0.15, 0.2) is 24.3 Å². The Morgan fingerprint density at radius 2 is 2.11 bits per heavy atom. The zero-order valence-corrected chi connectivity index (χ0v) is 11.7. The van der Waals surface area contributed by atoms with Crippen molar-refractivity contribution in [1.29, 1.82) is 0 Å². The highest BCUT2D eigenvalue weighted by Gasteiger charge is 2.33. The van der Waals surface area contributed by atoms with Gasteiger partial charge >= 0.3 is 0 Å². The number of para-hydroxylation sites is 1. The number of hydrogen-bond donors (Lipinski definition) is 2. The fraction of sp³-hybridized carbons (Fsp3) is 0.533. The Hall–Kier alpha value is -1.55. The summed E-state index contributed by atoms with van der Waals surface area (Å²) in [6.07, 6.45) is 3.30. The molecular weight excluding hydrogens is 238 g/mol. The van der Waals surface area contributed by atoms with Gasteiger partial charge in [-0.15, -0.1) is 0 Å². The van der Waals surface area contributed by atoms with E-state index in [2.05, 4.69) is 19.3 Å². The molecule has 1 fully saturated rings. The van der Waals surface area contributed by atoms with Crippen LogP contribution in [-0.2, 0) is 0 Å². The van der Waals surface area contributed by atoms with Crippen LogP contribution in [-0.4, -0.2) is 23.4 Å². The summed E-state index contributed by atoms with van der Waals surface area (Å²) in [7, 11) is 0. The van der Waals surface area contributed by atoms with Gasteiger partial charge < -0.3 is 10.3 Å². The number of hydrogen-bond acceptors (Lipinski definition) is 3. The number of nitrogens with zero attached hydrogens (tertiary/aromatic N) is 1. The lowest BCUT2D eigenvalue weighted by atomic mass is 10.1. The first kappa shape index (κ1) is 13.9. The average Bonchev–Trinajstić information content (AvgIpc) is 3.23. The summed E-state index contributed by atoms with van der Waals surface area (Å²) >= 11 is 0. The molecule has 1 aromatic rings. The molecule has 0 heterocycles. The molecule has 0 aliphatic heterocycles. The number of rotatable bonds is 6. The van der Waals surface area contributed by atoms with Crippen LogP contribution in [0.2, 0.25) is 0 Å². The van der Waals surface area contributed by atoms with E-state index in [0.29, 0.717) is 23.2 Å². The van der Waals surface area contributed by atoms with Gasteiger partial charge in [0, 0.05) is 12.6 Å². The first-order chi connectivity index (χ1) is 9.13. The number of anilines is 1. The number of hydrazine groups is 1. The lowest BCUT2D eigenvalue weighted by Gasteiger charge is -2.24. The molecule has 1 saturated carbocycles. The molecule has 4 nitrogen and oxygen atoms in total. The van der Waals surface area contributed by atoms with Crippen LogP contribution in [0.4, 0.5) is 5.69 Å². The maximum absolute atomic E-state index is 12.6. The number of carbonyl (C=O) groups is 1. The van der Waals surface area contributed by atoms with Gasteiger partial charge in [0.25, 0.3) is 5.91 Å². The number of nitrogen functional groups attached to an aromatic ring is 1. The Bertz CT molecular complexity index is 441. The number of carbonyl (C=O) groups excluding carboxylic acids is 1. The van der Waals surface area contributed by atoms with E-state index in [1.807, 2.05) is 29.2 Å². The monoisotopic (exact) mass is 261 g/mol. The van der Waals surface area contributed by atoms with Crippen LogP contribution >= 0.6 is 0 Å². The van der Waals surface area contributed by atoms with Crippen molar-refractivity contribution in [2.24, 2.45) is 11.8 Å².